The van der Waals surface area contributed by atoms with Gasteiger partial charge in [-0.3, -0.25) is 0 Å². The lowest BCUT2D eigenvalue weighted by Crippen LogP contribution is -2.14. The second-order valence-corrected chi connectivity index (χ2v) is 17.9. The molecule has 0 N–H and O–H groups in total. The molecule has 13 rings (SSSR count). The largest absolute Gasteiger partial charge is 0.456 e. The molecule has 0 atom stereocenters. The summed E-state index contributed by atoms with van der Waals surface area (Å²) in [4.78, 5) is 0. The summed E-state index contributed by atoms with van der Waals surface area (Å²) >= 11 is 1.88. The minimum atomic E-state index is -0.0178. The van der Waals surface area contributed by atoms with Gasteiger partial charge in [0, 0.05) is 58.8 Å². The highest BCUT2D eigenvalue weighted by Gasteiger charge is 2.35. The van der Waals surface area contributed by atoms with Gasteiger partial charge in [-0.15, -0.1) is 11.3 Å². The number of para-hydroxylation sites is 2. The number of aromatic nitrogens is 1. The van der Waals surface area contributed by atoms with E-state index in [9.17, 15) is 0 Å². The molecule has 0 saturated heterocycles. The highest BCUT2D eigenvalue weighted by atomic mass is 32.1. The number of furan rings is 1. The van der Waals surface area contributed by atoms with Crippen LogP contribution in [0.25, 0.3) is 114 Å². The fourth-order valence-electron chi connectivity index (χ4n) is 10.3. The van der Waals surface area contributed by atoms with Crippen LogP contribution in [0.15, 0.2) is 192 Å². The molecule has 1 aliphatic rings. The van der Waals surface area contributed by atoms with Crippen LogP contribution in [-0.2, 0) is 5.41 Å². The highest BCUT2D eigenvalue weighted by molar-refractivity contribution is 7.26. The third-order valence-electron chi connectivity index (χ3n) is 13.2. The van der Waals surface area contributed by atoms with Gasteiger partial charge in [0.2, 0.25) is 0 Å². The van der Waals surface area contributed by atoms with Crippen molar-refractivity contribution in [3.05, 3.63) is 199 Å². The van der Waals surface area contributed by atoms with Crippen molar-refractivity contribution >= 4 is 75.3 Å². The Morgan fingerprint density at radius 3 is 2.02 bits per heavy atom. The van der Waals surface area contributed by atoms with Crippen molar-refractivity contribution in [2.24, 2.45) is 0 Å². The van der Waals surface area contributed by atoms with Gasteiger partial charge in [-0.1, -0.05) is 153 Å². The average molecular weight is 784 g/mol. The number of hydrogen-bond acceptors (Lipinski definition) is 2. The first-order valence-corrected chi connectivity index (χ1v) is 21.6. The Hall–Kier alpha value is -7.20. The van der Waals surface area contributed by atoms with Crippen LogP contribution in [0.3, 0.4) is 0 Å². The van der Waals surface area contributed by atoms with E-state index in [1.165, 1.54) is 97.6 Å². The summed E-state index contributed by atoms with van der Waals surface area (Å²) in [5.74, 6) is 0. The molecular formula is C57H37NOS. The number of benzene rings is 9. The van der Waals surface area contributed by atoms with Crippen molar-refractivity contribution in [2.45, 2.75) is 19.3 Å². The Morgan fingerprint density at radius 2 is 1.10 bits per heavy atom. The zero-order valence-electron chi connectivity index (χ0n) is 33.2. The fraction of sp³-hybridized carbons (Fsp3) is 0.0526. The zero-order chi connectivity index (χ0) is 39.7. The number of fused-ring (bicyclic) bond motifs is 12. The van der Waals surface area contributed by atoms with Crippen LogP contribution in [0, 0.1) is 0 Å². The molecule has 3 heteroatoms. The van der Waals surface area contributed by atoms with Gasteiger partial charge < -0.3 is 8.98 Å². The molecule has 3 aromatic heterocycles. The first-order chi connectivity index (χ1) is 29.5. The maximum absolute atomic E-state index is 6.76. The molecule has 60 heavy (non-hydrogen) atoms. The molecule has 282 valence electrons. The number of nitrogens with zero attached hydrogens (tertiary/aromatic N) is 1. The van der Waals surface area contributed by atoms with Crippen LogP contribution < -0.4 is 0 Å². The Morgan fingerprint density at radius 1 is 0.417 bits per heavy atom. The Labute approximate surface area is 351 Å². The second-order valence-electron chi connectivity index (χ2n) is 16.8. The second kappa shape index (κ2) is 12.4. The summed E-state index contributed by atoms with van der Waals surface area (Å²) in [5, 5.41) is 7.31. The van der Waals surface area contributed by atoms with E-state index < -0.39 is 0 Å². The van der Waals surface area contributed by atoms with Gasteiger partial charge in [0.15, 0.2) is 0 Å². The summed E-state index contributed by atoms with van der Waals surface area (Å²) < 4.78 is 11.8. The first-order valence-electron chi connectivity index (χ1n) is 20.7. The minimum absolute atomic E-state index is 0.0178. The minimum Gasteiger partial charge on any atom is -0.456 e. The van der Waals surface area contributed by atoms with Crippen molar-refractivity contribution in [1.29, 1.82) is 0 Å². The Kier molecular flexibility index (Phi) is 6.98. The molecule has 0 radical (unpaired) electrons. The van der Waals surface area contributed by atoms with Crippen molar-refractivity contribution in [3.63, 3.8) is 0 Å². The van der Waals surface area contributed by atoms with Crippen LogP contribution in [0.2, 0.25) is 0 Å². The predicted octanol–water partition coefficient (Wildman–Crippen LogP) is 16.4. The van der Waals surface area contributed by atoms with Crippen LogP contribution in [-0.4, -0.2) is 4.57 Å². The average Bonchev–Trinajstić information content (AvgIpc) is 4.02. The first kappa shape index (κ1) is 33.7. The van der Waals surface area contributed by atoms with Crippen LogP contribution >= 0.6 is 11.3 Å². The van der Waals surface area contributed by atoms with E-state index in [-0.39, 0.29) is 5.41 Å². The van der Waals surface area contributed by atoms with Crippen molar-refractivity contribution in [3.8, 4) is 50.2 Å². The van der Waals surface area contributed by atoms with Crippen molar-refractivity contribution in [2.75, 3.05) is 0 Å². The molecule has 0 bridgehead atoms. The predicted molar refractivity (Wildman–Crippen MR) is 255 cm³/mol. The summed E-state index contributed by atoms with van der Waals surface area (Å²) in [6, 6.07) is 69.3. The van der Waals surface area contributed by atoms with E-state index in [0.717, 1.165) is 27.6 Å². The third-order valence-corrected chi connectivity index (χ3v) is 14.4. The topological polar surface area (TPSA) is 18.1 Å². The van der Waals surface area contributed by atoms with Gasteiger partial charge in [0.25, 0.3) is 0 Å². The molecule has 1 aliphatic carbocycles. The quantitative estimate of drug-likeness (QED) is 0.174. The van der Waals surface area contributed by atoms with Gasteiger partial charge in [-0.25, -0.2) is 0 Å². The molecule has 3 heterocycles. The standard InChI is InChI=1S/C57H37NOS/c1-57(2)48-20-9-6-15-39(48)45-29-35(24-27-49(45)57)36-25-28-51-46(30-36)40-16-7-10-21-50(40)58(51)38-32-47(55-44-17-8-11-22-52(44)59-53(55)33-38)43-19-12-18-42-41-26-23-37(31-54(41)60-56(42)43)34-13-4-3-5-14-34/h3-33H,1-2H3. The molecule has 0 fully saturated rings. The van der Waals surface area contributed by atoms with Crippen LogP contribution in [0.5, 0.6) is 0 Å². The Bertz CT molecular complexity index is 3750. The zero-order valence-corrected chi connectivity index (χ0v) is 34.0. The van der Waals surface area contributed by atoms with E-state index in [0.29, 0.717) is 0 Å². The molecule has 0 spiro atoms. The number of thiophene rings is 1. The van der Waals surface area contributed by atoms with Gasteiger partial charge in [-0.2, -0.15) is 0 Å². The summed E-state index contributed by atoms with van der Waals surface area (Å²) in [5.41, 5.74) is 18.0. The van der Waals surface area contributed by atoms with Gasteiger partial charge >= 0.3 is 0 Å². The molecule has 12 aromatic rings. The van der Waals surface area contributed by atoms with Crippen molar-refractivity contribution in [1.82, 2.24) is 4.57 Å². The van der Waals surface area contributed by atoms with E-state index in [2.05, 4.69) is 206 Å². The van der Waals surface area contributed by atoms with Gasteiger partial charge in [0.1, 0.15) is 11.2 Å². The Balaban J connectivity index is 1.03. The lowest BCUT2D eigenvalue weighted by Gasteiger charge is -2.21. The highest BCUT2D eigenvalue weighted by Crippen LogP contribution is 2.50. The van der Waals surface area contributed by atoms with Crippen molar-refractivity contribution < 1.29 is 4.42 Å². The number of hydrogen-bond donors (Lipinski definition) is 0. The summed E-state index contributed by atoms with van der Waals surface area (Å²) in [6.07, 6.45) is 0. The number of rotatable bonds is 4. The monoisotopic (exact) mass is 783 g/mol. The summed E-state index contributed by atoms with van der Waals surface area (Å²) in [7, 11) is 0. The van der Waals surface area contributed by atoms with Crippen LogP contribution in [0.1, 0.15) is 25.0 Å². The molecule has 2 nitrogen and oxygen atoms in total. The van der Waals surface area contributed by atoms with Crippen LogP contribution in [0.4, 0.5) is 0 Å². The molecule has 0 amide bonds. The van der Waals surface area contributed by atoms with E-state index in [1.807, 2.05) is 11.3 Å². The SMILES string of the molecule is CC1(C)c2ccccc2-c2cc(-c3ccc4c(c3)c3ccccc3n4-c3cc(-c4cccc5c4sc4cc(-c6ccccc6)ccc45)c4c(c3)oc3ccccc34)ccc21. The fourth-order valence-corrected chi connectivity index (χ4v) is 11.6. The smallest absolute Gasteiger partial charge is 0.138 e. The molecule has 0 saturated carbocycles. The normalized spacial score (nSPS) is 13.3. The van der Waals surface area contributed by atoms with Gasteiger partial charge in [0.05, 0.1) is 16.7 Å². The lowest BCUT2D eigenvalue weighted by atomic mass is 9.82. The maximum atomic E-state index is 6.76. The molecule has 9 aromatic carbocycles. The molecule has 0 aliphatic heterocycles. The summed E-state index contributed by atoms with van der Waals surface area (Å²) in [6.45, 7) is 4.69. The van der Waals surface area contributed by atoms with Gasteiger partial charge in [-0.05, 0) is 92.5 Å². The lowest BCUT2D eigenvalue weighted by molar-refractivity contribution is 0.660. The molecular weight excluding hydrogens is 747 g/mol. The van der Waals surface area contributed by atoms with E-state index >= 15 is 0 Å². The van der Waals surface area contributed by atoms with E-state index in [1.54, 1.807) is 0 Å². The maximum Gasteiger partial charge on any atom is 0.138 e. The van der Waals surface area contributed by atoms with E-state index in [4.69, 9.17) is 4.42 Å². The third kappa shape index (κ3) is 4.75. The molecule has 0 unspecified atom stereocenters.